The van der Waals surface area contributed by atoms with Crippen LogP contribution in [0.25, 0.3) is 0 Å². The summed E-state index contributed by atoms with van der Waals surface area (Å²) < 4.78 is 55.3. The van der Waals surface area contributed by atoms with Gasteiger partial charge in [-0.15, -0.1) is 0 Å². The third-order valence-electron chi connectivity index (χ3n) is 3.98. The maximum Gasteiger partial charge on any atom is 0.264 e. The van der Waals surface area contributed by atoms with Crippen LogP contribution in [0.2, 0.25) is 0 Å². The molecule has 3 aromatic rings. The van der Waals surface area contributed by atoms with Gasteiger partial charge in [0.15, 0.2) is 29.8 Å². The highest BCUT2D eigenvalue weighted by Gasteiger charge is 2.28. The molecule has 0 unspecified atom stereocenters. The van der Waals surface area contributed by atoms with Crippen molar-refractivity contribution in [1.82, 2.24) is 19.6 Å². The van der Waals surface area contributed by atoms with E-state index in [1.807, 2.05) is 0 Å². The molecular weight excluding hydrogens is 391 g/mol. The van der Waals surface area contributed by atoms with Crippen molar-refractivity contribution in [2.45, 2.75) is 31.8 Å². The molecule has 0 bridgehead atoms. The fourth-order valence-electron chi connectivity index (χ4n) is 2.53. The number of hydrogen-bond donors (Lipinski definition) is 0. The molecule has 0 saturated carbocycles. The molecule has 0 aliphatic heterocycles. The zero-order chi connectivity index (χ0) is 20.3. The monoisotopic (exact) mass is 410 g/mol. The van der Waals surface area contributed by atoms with E-state index in [0.717, 1.165) is 0 Å². The summed E-state index contributed by atoms with van der Waals surface area (Å²) in [4.78, 5) is 4.19. The Balaban J connectivity index is 1.59. The Hall–Kier alpha value is -2.79. The molecule has 3 rings (SSSR count). The van der Waals surface area contributed by atoms with Crippen molar-refractivity contribution in [3.8, 4) is 5.75 Å². The average Bonchev–Trinajstić information content (AvgIpc) is 3.25. The van der Waals surface area contributed by atoms with E-state index < -0.39 is 15.8 Å². The first-order valence-corrected chi connectivity index (χ1v) is 9.81. The molecule has 0 spiro atoms. The van der Waals surface area contributed by atoms with Crippen LogP contribution in [0, 0.1) is 19.7 Å². The first-order chi connectivity index (χ1) is 13.3. The van der Waals surface area contributed by atoms with E-state index in [4.69, 9.17) is 13.8 Å². The Morgan fingerprint density at radius 2 is 1.93 bits per heavy atom. The highest BCUT2D eigenvalue weighted by Crippen LogP contribution is 2.22. The summed E-state index contributed by atoms with van der Waals surface area (Å²) in [7, 11) is -2.30. The van der Waals surface area contributed by atoms with Crippen LogP contribution in [-0.2, 0) is 23.1 Å². The number of likely N-dealkylation sites (N-methyl/N-ethyl adjacent to an activating group) is 1. The van der Waals surface area contributed by atoms with Gasteiger partial charge in [-0.2, -0.15) is 4.98 Å². The van der Waals surface area contributed by atoms with Crippen LogP contribution < -0.4 is 4.74 Å². The molecule has 0 saturated heterocycles. The molecular formula is C17H19FN4O5S. The van der Waals surface area contributed by atoms with E-state index >= 15 is 0 Å². The Morgan fingerprint density at radius 1 is 1.18 bits per heavy atom. The lowest BCUT2D eigenvalue weighted by molar-refractivity contribution is 0.234. The van der Waals surface area contributed by atoms with Crippen molar-refractivity contribution < 1.29 is 26.6 Å². The number of ether oxygens (including phenoxy) is 1. The largest absolute Gasteiger partial charge is 0.481 e. The van der Waals surface area contributed by atoms with Gasteiger partial charge >= 0.3 is 0 Å². The van der Waals surface area contributed by atoms with Gasteiger partial charge in [0.05, 0.1) is 0 Å². The molecule has 2 aromatic heterocycles. The van der Waals surface area contributed by atoms with Crippen LogP contribution in [0.5, 0.6) is 5.75 Å². The maximum atomic E-state index is 13.5. The fraction of sp³-hybridized carbons (Fsp3) is 0.353. The number of aromatic nitrogens is 3. The molecule has 150 valence electrons. The Bertz CT molecular complexity index is 1040. The lowest BCUT2D eigenvalue weighted by Gasteiger charge is -2.15. The SMILES string of the molecule is Cc1noc(C)c1S(=O)(=O)N(C)CCc1noc(COc2ccccc2F)n1. The normalized spacial score (nSPS) is 11.9. The van der Waals surface area contributed by atoms with Crippen LogP contribution in [-0.4, -0.2) is 41.6 Å². The van der Waals surface area contributed by atoms with E-state index in [0.29, 0.717) is 11.5 Å². The topological polar surface area (TPSA) is 112 Å². The van der Waals surface area contributed by atoms with E-state index in [2.05, 4.69) is 15.3 Å². The minimum absolute atomic E-state index is 0.0575. The van der Waals surface area contributed by atoms with Crippen molar-refractivity contribution >= 4 is 10.0 Å². The minimum atomic E-state index is -3.75. The summed E-state index contributed by atoms with van der Waals surface area (Å²) in [5.41, 5.74) is 0.302. The summed E-state index contributed by atoms with van der Waals surface area (Å²) in [6.45, 7) is 3.14. The van der Waals surface area contributed by atoms with Gasteiger partial charge < -0.3 is 13.8 Å². The Morgan fingerprint density at radius 3 is 2.61 bits per heavy atom. The van der Waals surface area contributed by atoms with Gasteiger partial charge in [-0.25, -0.2) is 17.1 Å². The van der Waals surface area contributed by atoms with Gasteiger partial charge in [0.1, 0.15) is 10.6 Å². The number of rotatable bonds is 8. The minimum Gasteiger partial charge on any atom is -0.481 e. The average molecular weight is 410 g/mol. The summed E-state index contributed by atoms with van der Waals surface area (Å²) in [5.74, 6) is 0.292. The van der Waals surface area contributed by atoms with E-state index in [-0.39, 0.29) is 41.9 Å². The van der Waals surface area contributed by atoms with Gasteiger partial charge in [-0.3, -0.25) is 0 Å². The van der Waals surface area contributed by atoms with Crippen molar-refractivity contribution in [2.24, 2.45) is 0 Å². The van der Waals surface area contributed by atoms with Crippen LogP contribution in [0.4, 0.5) is 4.39 Å². The number of halogens is 1. The summed E-state index contributed by atoms with van der Waals surface area (Å²) in [5, 5.41) is 7.47. The molecule has 28 heavy (non-hydrogen) atoms. The lowest BCUT2D eigenvalue weighted by Crippen LogP contribution is -2.30. The second-order valence-electron chi connectivity index (χ2n) is 6.05. The molecule has 2 heterocycles. The third-order valence-corrected chi connectivity index (χ3v) is 6.09. The van der Waals surface area contributed by atoms with E-state index in [1.54, 1.807) is 26.0 Å². The number of benzene rings is 1. The standard InChI is InChI=1S/C17H19FN4O5S/c1-11-17(12(2)26-20-11)28(23,24)22(3)9-8-15-19-16(27-21-15)10-25-14-7-5-4-6-13(14)18/h4-7H,8-10H2,1-3H3. The number of aryl methyl sites for hydroxylation is 2. The second-order valence-corrected chi connectivity index (χ2v) is 8.04. The molecule has 1 aromatic carbocycles. The number of hydrogen-bond acceptors (Lipinski definition) is 8. The first kappa shape index (κ1) is 20.0. The molecule has 0 fully saturated rings. The second kappa shape index (κ2) is 8.07. The number of sulfonamides is 1. The molecule has 11 heteroatoms. The zero-order valence-corrected chi connectivity index (χ0v) is 16.4. The lowest BCUT2D eigenvalue weighted by atomic mass is 10.3. The van der Waals surface area contributed by atoms with Crippen molar-refractivity contribution in [3.05, 3.63) is 53.3 Å². The van der Waals surface area contributed by atoms with Crippen LogP contribution in [0.15, 0.2) is 38.2 Å². The highest BCUT2D eigenvalue weighted by molar-refractivity contribution is 7.89. The molecule has 0 amide bonds. The highest BCUT2D eigenvalue weighted by atomic mass is 32.2. The molecule has 0 aliphatic rings. The Labute approximate surface area is 161 Å². The van der Waals surface area contributed by atoms with E-state index in [1.165, 1.54) is 23.5 Å². The quantitative estimate of drug-likeness (QED) is 0.556. The maximum absolute atomic E-state index is 13.5. The smallest absolute Gasteiger partial charge is 0.264 e. The van der Waals surface area contributed by atoms with Crippen LogP contribution in [0.3, 0.4) is 0 Å². The number of para-hydroxylation sites is 1. The first-order valence-electron chi connectivity index (χ1n) is 8.37. The van der Waals surface area contributed by atoms with E-state index in [9.17, 15) is 12.8 Å². The predicted molar refractivity (Wildman–Crippen MR) is 94.5 cm³/mol. The third kappa shape index (κ3) is 4.20. The van der Waals surface area contributed by atoms with Crippen molar-refractivity contribution in [3.63, 3.8) is 0 Å². The van der Waals surface area contributed by atoms with Gasteiger partial charge in [-0.05, 0) is 26.0 Å². The van der Waals surface area contributed by atoms with Crippen LogP contribution in [0.1, 0.15) is 23.2 Å². The van der Waals surface area contributed by atoms with Crippen molar-refractivity contribution in [2.75, 3.05) is 13.6 Å². The molecule has 0 atom stereocenters. The summed E-state index contributed by atoms with van der Waals surface area (Å²) in [6, 6.07) is 5.97. The van der Waals surface area contributed by atoms with Gasteiger partial charge in [0.25, 0.3) is 5.89 Å². The molecule has 9 nitrogen and oxygen atoms in total. The molecule has 0 N–H and O–H groups in total. The Kier molecular flexibility index (Phi) is 5.75. The molecule has 0 radical (unpaired) electrons. The van der Waals surface area contributed by atoms with Gasteiger partial charge in [0, 0.05) is 20.0 Å². The predicted octanol–water partition coefficient (Wildman–Crippen LogP) is 2.26. The summed E-state index contributed by atoms with van der Waals surface area (Å²) in [6.07, 6.45) is 0.225. The molecule has 0 aliphatic carbocycles. The van der Waals surface area contributed by atoms with Crippen molar-refractivity contribution in [1.29, 1.82) is 0 Å². The van der Waals surface area contributed by atoms with Gasteiger partial charge in [-0.1, -0.05) is 22.4 Å². The fourth-order valence-corrected chi connectivity index (χ4v) is 3.98. The van der Waals surface area contributed by atoms with Crippen LogP contribution >= 0.6 is 0 Å². The summed E-state index contributed by atoms with van der Waals surface area (Å²) >= 11 is 0. The number of nitrogens with zero attached hydrogens (tertiary/aromatic N) is 4. The van der Waals surface area contributed by atoms with Gasteiger partial charge in [0.2, 0.25) is 10.0 Å². The zero-order valence-electron chi connectivity index (χ0n) is 15.5.